The molecule has 1 unspecified atom stereocenters. The van der Waals surface area contributed by atoms with E-state index in [2.05, 4.69) is 15.6 Å². The molecule has 1 amide bonds. The van der Waals surface area contributed by atoms with Gasteiger partial charge in [-0.2, -0.15) is 0 Å². The van der Waals surface area contributed by atoms with Gasteiger partial charge in [-0.05, 0) is 36.8 Å². The Balaban J connectivity index is 1.83. The fraction of sp³-hybridized carbons (Fsp3) is 0.316. The zero-order chi connectivity index (χ0) is 20.3. The lowest BCUT2D eigenvalue weighted by molar-refractivity contribution is -0.121. The highest BCUT2D eigenvalue weighted by Crippen LogP contribution is 2.33. The van der Waals surface area contributed by atoms with Crippen LogP contribution >= 0.6 is 23.2 Å². The fourth-order valence-electron chi connectivity index (χ4n) is 2.86. The van der Waals surface area contributed by atoms with Crippen molar-refractivity contribution in [2.75, 3.05) is 14.2 Å². The molecule has 148 valence electrons. The number of ether oxygens (including phenoxy) is 2. The number of amides is 1. The van der Waals surface area contributed by atoms with Crippen LogP contribution in [0.15, 0.2) is 42.5 Å². The summed E-state index contributed by atoms with van der Waals surface area (Å²) in [5, 5.41) is 11.1. The van der Waals surface area contributed by atoms with Crippen LogP contribution in [0.4, 0.5) is 0 Å². The number of carbonyl (C=O) groups excluding carboxylic acids is 1. The van der Waals surface area contributed by atoms with Gasteiger partial charge in [0.2, 0.25) is 5.91 Å². The molecule has 0 radical (unpaired) electrons. The number of hydrogen-bond donors (Lipinski definition) is 1. The Kier molecular flexibility index (Phi) is 5.96. The monoisotopic (exact) mass is 422 g/mol. The highest BCUT2D eigenvalue weighted by molar-refractivity contribution is 6.48. The highest BCUT2D eigenvalue weighted by Gasteiger charge is 2.34. The molecule has 1 heterocycles. The van der Waals surface area contributed by atoms with Crippen LogP contribution in [0.25, 0.3) is 11.0 Å². The minimum atomic E-state index is -1.32. The summed E-state index contributed by atoms with van der Waals surface area (Å²) in [5.74, 6) is 0.864. The lowest BCUT2D eigenvalue weighted by Gasteiger charge is -2.27. The number of hydrogen-bond acceptors (Lipinski definition) is 5. The van der Waals surface area contributed by atoms with E-state index in [0.29, 0.717) is 22.5 Å². The first kappa shape index (κ1) is 20.2. The molecule has 2 aromatic carbocycles. The van der Waals surface area contributed by atoms with E-state index >= 15 is 0 Å². The lowest BCUT2D eigenvalue weighted by atomic mass is 10.1. The Morgan fingerprint density at radius 1 is 1.18 bits per heavy atom. The largest absolute Gasteiger partial charge is 0.493 e. The van der Waals surface area contributed by atoms with Gasteiger partial charge in [0.15, 0.2) is 22.0 Å². The van der Waals surface area contributed by atoms with E-state index in [-0.39, 0.29) is 12.3 Å². The van der Waals surface area contributed by atoms with Crippen LogP contribution < -0.4 is 14.8 Å². The Morgan fingerprint density at radius 3 is 2.57 bits per heavy atom. The van der Waals surface area contributed by atoms with Crippen LogP contribution in [0.3, 0.4) is 0 Å². The summed E-state index contributed by atoms with van der Waals surface area (Å²) in [5.41, 5.74) is 2.15. The van der Waals surface area contributed by atoms with Crippen molar-refractivity contribution < 1.29 is 14.3 Å². The number of nitrogens with one attached hydrogen (secondary N) is 1. The van der Waals surface area contributed by atoms with Crippen molar-refractivity contribution in [3.63, 3.8) is 0 Å². The smallest absolute Gasteiger partial charge is 0.226 e. The number of fused-ring (bicyclic) bond motifs is 1. The zero-order valence-electron chi connectivity index (χ0n) is 15.6. The molecule has 1 aromatic heterocycles. The molecular formula is C19H20Cl2N4O3. The van der Waals surface area contributed by atoms with E-state index in [4.69, 9.17) is 32.7 Å². The van der Waals surface area contributed by atoms with Crippen LogP contribution in [0.1, 0.15) is 18.7 Å². The van der Waals surface area contributed by atoms with Crippen LogP contribution in [0.2, 0.25) is 0 Å². The van der Waals surface area contributed by atoms with Gasteiger partial charge in [0.25, 0.3) is 0 Å². The molecule has 0 saturated carbocycles. The third-order valence-corrected chi connectivity index (χ3v) is 4.63. The molecule has 0 aliphatic rings. The Morgan fingerprint density at radius 2 is 1.89 bits per heavy atom. The molecule has 7 nitrogen and oxygen atoms in total. The van der Waals surface area contributed by atoms with E-state index < -0.39 is 10.5 Å². The summed E-state index contributed by atoms with van der Waals surface area (Å²) >= 11 is 12.7. The number of alkyl halides is 2. The van der Waals surface area contributed by atoms with Crippen LogP contribution in [-0.4, -0.2) is 39.5 Å². The normalized spacial score (nSPS) is 12.6. The summed E-state index contributed by atoms with van der Waals surface area (Å²) in [6.45, 7) is 1.59. The van der Waals surface area contributed by atoms with Gasteiger partial charge in [-0.25, -0.2) is 4.68 Å². The lowest BCUT2D eigenvalue weighted by Crippen LogP contribution is -2.42. The first-order valence-electron chi connectivity index (χ1n) is 8.51. The van der Waals surface area contributed by atoms with Crippen molar-refractivity contribution in [1.29, 1.82) is 0 Å². The molecule has 28 heavy (non-hydrogen) atoms. The number of halogens is 2. The van der Waals surface area contributed by atoms with Crippen molar-refractivity contribution in [1.82, 2.24) is 20.3 Å². The Hall–Kier alpha value is -2.51. The van der Waals surface area contributed by atoms with Gasteiger partial charge >= 0.3 is 0 Å². The van der Waals surface area contributed by atoms with Crippen molar-refractivity contribution in [2.24, 2.45) is 0 Å². The van der Waals surface area contributed by atoms with Crippen molar-refractivity contribution in [3.8, 4) is 11.5 Å². The predicted octanol–water partition coefficient (Wildman–Crippen LogP) is 3.50. The van der Waals surface area contributed by atoms with E-state index in [1.54, 1.807) is 39.3 Å². The van der Waals surface area contributed by atoms with Crippen molar-refractivity contribution >= 4 is 40.1 Å². The third-order valence-electron chi connectivity index (χ3n) is 4.21. The van der Waals surface area contributed by atoms with E-state index in [1.807, 2.05) is 24.3 Å². The van der Waals surface area contributed by atoms with Gasteiger partial charge < -0.3 is 14.8 Å². The number of carbonyl (C=O) groups is 1. The van der Waals surface area contributed by atoms with Gasteiger partial charge in [0, 0.05) is 0 Å². The molecule has 3 aromatic rings. The first-order chi connectivity index (χ1) is 13.3. The predicted molar refractivity (Wildman–Crippen MR) is 108 cm³/mol. The second-order valence-corrected chi connectivity index (χ2v) is 8.08. The minimum Gasteiger partial charge on any atom is -0.493 e. The maximum Gasteiger partial charge on any atom is 0.226 e. The maximum absolute atomic E-state index is 12.7. The van der Waals surface area contributed by atoms with E-state index in [0.717, 1.165) is 5.56 Å². The SMILES string of the molecule is COc1ccc(CC(=O)NC(n2nnc3ccccc32)C(C)(Cl)Cl)cc1OC. The number of para-hydroxylation sites is 1. The van der Waals surface area contributed by atoms with Gasteiger partial charge in [0.05, 0.1) is 26.2 Å². The molecule has 9 heteroatoms. The molecule has 3 rings (SSSR count). The molecule has 0 bridgehead atoms. The topological polar surface area (TPSA) is 78.3 Å². The standard InChI is InChI=1S/C19H20Cl2N4O3/c1-19(20,21)18(25-14-7-5-4-6-13(14)23-24-25)22-17(26)11-12-8-9-15(27-2)16(10-12)28-3/h4-10,18H,11H2,1-3H3,(H,22,26). The first-order valence-corrected chi connectivity index (χ1v) is 9.27. The summed E-state index contributed by atoms with van der Waals surface area (Å²) < 4.78 is 10.7. The second kappa shape index (κ2) is 8.24. The molecule has 0 aliphatic heterocycles. The van der Waals surface area contributed by atoms with Crippen molar-refractivity contribution in [2.45, 2.75) is 23.8 Å². The third kappa shape index (κ3) is 4.31. The molecular weight excluding hydrogens is 403 g/mol. The molecule has 0 spiro atoms. The van der Waals surface area contributed by atoms with Crippen LogP contribution in [0.5, 0.6) is 11.5 Å². The summed E-state index contributed by atoms with van der Waals surface area (Å²) in [6.07, 6.45) is -0.705. The van der Waals surface area contributed by atoms with E-state index in [1.165, 1.54) is 4.68 Å². The molecule has 0 fully saturated rings. The second-order valence-electron chi connectivity index (χ2n) is 6.32. The molecule has 0 saturated heterocycles. The van der Waals surface area contributed by atoms with Gasteiger partial charge in [-0.1, -0.05) is 46.6 Å². The molecule has 1 N–H and O–H groups in total. The molecule has 0 aliphatic carbocycles. The number of benzene rings is 2. The van der Waals surface area contributed by atoms with Gasteiger partial charge in [-0.3, -0.25) is 4.79 Å². The van der Waals surface area contributed by atoms with Crippen LogP contribution in [0, 0.1) is 0 Å². The number of methoxy groups -OCH3 is 2. The highest BCUT2D eigenvalue weighted by atomic mass is 35.5. The molecule has 1 atom stereocenters. The number of rotatable bonds is 7. The minimum absolute atomic E-state index is 0.105. The number of aromatic nitrogens is 3. The van der Waals surface area contributed by atoms with Gasteiger partial charge in [0.1, 0.15) is 5.52 Å². The zero-order valence-corrected chi connectivity index (χ0v) is 17.2. The summed E-state index contributed by atoms with van der Waals surface area (Å²) in [4.78, 5) is 12.7. The Bertz CT molecular complexity index is 985. The fourth-order valence-corrected chi connectivity index (χ4v) is 3.15. The summed E-state index contributed by atoms with van der Waals surface area (Å²) in [7, 11) is 3.10. The average Bonchev–Trinajstić information content (AvgIpc) is 3.08. The van der Waals surface area contributed by atoms with Crippen LogP contribution in [-0.2, 0) is 11.2 Å². The van der Waals surface area contributed by atoms with Gasteiger partial charge in [-0.15, -0.1) is 5.10 Å². The Labute approximate surface area is 172 Å². The average molecular weight is 423 g/mol. The maximum atomic E-state index is 12.7. The number of nitrogens with zero attached hydrogens (tertiary/aromatic N) is 3. The quantitative estimate of drug-likeness (QED) is 0.589. The van der Waals surface area contributed by atoms with Crippen molar-refractivity contribution in [3.05, 3.63) is 48.0 Å². The van der Waals surface area contributed by atoms with E-state index in [9.17, 15) is 4.79 Å². The summed E-state index contributed by atoms with van der Waals surface area (Å²) in [6, 6.07) is 12.7.